The molecular weight excluding hydrogens is 164 g/mol. The summed E-state index contributed by atoms with van der Waals surface area (Å²) in [6.45, 7) is 3.80. The molecule has 0 amide bonds. The summed E-state index contributed by atoms with van der Waals surface area (Å²) in [5, 5.41) is 3.46. The summed E-state index contributed by atoms with van der Waals surface area (Å²) < 4.78 is 0. The lowest BCUT2D eigenvalue weighted by atomic mass is 10.1. The zero-order chi connectivity index (χ0) is 9.68. The maximum Gasteiger partial charge on any atom is 0.0290 e. The van der Waals surface area contributed by atoms with Crippen LogP contribution in [-0.2, 0) is 0 Å². The van der Waals surface area contributed by atoms with E-state index in [1.165, 1.54) is 25.9 Å². The zero-order valence-electron chi connectivity index (χ0n) is 8.50. The van der Waals surface area contributed by atoms with Crippen molar-refractivity contribution in [3.05, 3.63) is 0 Å². The summed E-state index contributed by atoms with van der Waals surface area (Å²) in [5.74, 6) is 0. The minimum atomic E-state index is 0.111. The predicted molar refractivity (Wildman–Crippen MR) is 55.6 cm³/mol. The van der Waals surface area contributed by atoms with Crippen LogP contribution in [0, 0.1) is 0 Å². The van der Waals surface area contributed by atoms with E-state index in [0.717, 1.165) is 6.54 Å². The number of rotatable bonds is 4. The molecule has 0 aromatic rings. The summed E-state index contributed by atoms with van der Waals surface area (Å²) in [6, 6.07) is 0.758. The van der Waals surface area contributed by atoms with Crippen LogP contribution in [0.25, 0.3) is 0 Å². The van der Waals surface area contributed by atoms with Crippen LogP contribution in [0.5, 0.6) is 0 Å². The highest BCUT2D eigenvalue weighted by atomic mass is 15.1. The Morgan fingerprint density at radius 2 is 2.08 bits per heavy atom. The monoisotopic (exact) mass is 186 g/mol. The van der Waals surface area contributed by atoms with Gasteiger partial charge in [0, 0.05) is 25.2 Å². The normalized spacial score (nSPS) is 23.3. The molecule has 4 nitrogen and oxygen atoms in total. The van der Waals surface area contributed by atoms with Gasteiger partial charge >= 0.3 is 0 Å². The quantitative estimate of drug-likeness (QED) is 0.524. The van der Waals surface area contributed by atoms with Gasteiger partial charge in [-0.25, -0.2) is 0 Å². The van der Waals surface area contributed by atoms with E-state index in [9.17, 15) is 0 Å². The van der Waals surface area contributed by atoms with E-state index in [1.54, 1.807) is 0 Å². The van der Waals surface area contributed by atoms with Gasteiger partial charge in [0.05, 0.1) is 0 Å². The number of nitrogens with one attached hydrogen (secondary N) is 1. The third-order valence-electron chi connectivity index (χ3n) is 2.69. The Morgan fingerprint density at radius 1 is 1.46 bits per heavy atom. The first-order valence-electron chi connectivity index (χ1n) is 5.10. The standard InChI is InChI=1S/C9H22N4/c1-13-4-2-9(3-5-13)12-7-8(11)6-10/h8-9,12H,2-7,10-11H2,1H3. The third-order valence-corrected chi connectivity index (χ3v) is 2.69. The molecule has 0 radical (unpaired) electrons. The molecule has 0 saturated carbocycles. The fourth-order valence-electron chi connectivity index (χ4n) is 1.61. The van der Waals surface area contributed by atoms with Crippen molar-refractivity contribution in [1.82, 2.24) is 10.2 Å². The second-order valence-electron chi connectivity index (χ2n) is 3.98. The molecule has 4 heteroatoms. The Labute approximate surface area is 80.6 Å². The van der Waals surface area contributed by atoms with E-state index in [1.807, 2.05) is 0 Å². The van der Waals surface area contributed by atoms with Crippen LogP contribution in [0.15, 0.2) is 0 Å². The topological polar surface area (TPSA) is 67.3 Å². The number of piperidine rings is 1. The highest BCUT2D eigenvalue weighted by Crippen LogP contribution is 2.07. The number of likely N-dealkylation sites (tertiary alicyclic amines) is 1. The fourth-order valence-corrected chi connectivity index (χ4v) is 1.61. The van der Waals surface area contributed by atoms with Crippen LogP contribution >= 0.6 is 0 Å². The lowest BCUT2D eigenvalue weighted by Crippen LogP contribution is -2.47. The molecule has 0 aromatic carbocycles. The number of hydrogen-bond donors (Lipinski definition) is 3. The van der Waals surface area contributed by atoms with E-state index in [2.05, 4.69) is 17.3 Å². The Hall–Kier alpha value is -0.160. The molecule has 1 fully saturated rings. The predicted octanol–water partition coefficient (Wildman–Crippen LogP) is -1.04. The smallest absolute Gasteiger partial charge is 0.0290 e. The molecule has 1 unspecified atom stereocenters. The van der Waals surface area contributed by atoms with Crippen LogP contribution in [0.4, 0.5) is 0 Å². The molecule has 1 aliphatic rings. The second kappa shape index (κ2) is 5.54. The van der Waals surface area contributed by atoms with Gasteiger partial charge in [-0.3, -0.25) is 0 Å². The van der Waals surface area contributed by atoms with Gasteiger partial charge in [0.2, 0.25) is 0 Å². The number of nitrogens with zero attached hydrogens (tertiary/aromatic N) is 1. The molecule has 1 rings (SSSR count). The molecule has 1 saturated heterocycles. The van der Waals surface area contributed by atoms with Gasteiger partial charge in [-0.15, -0.1) is 0 Å². The Kier molecular flexibility index (Phi) is 4.66. The van der Waals surface area contributed by atoms with Crippen molar-refractivity contribution < 1.29 is 0 Å². The third kappa shape index (κ3) is 4.04. The molecule has 1 heterocycles. The lowest BCUT2D eigenvalue weighted by Gasteiger charge is -2.30. The minimum absolute atomic E-state index is 0.111. The van der Waals surface area contributed by atoms with E-state index in [-0.39, 0.29) is 6.04 Å². The SMILES string of the molecule is CN1CCC(NCC(N)CN)CC1. The van der Waals surface area contributed by atoms with Gasteiger partial charge in [0.25, 0.3) is 0 Å². The van der Waals surface area contributed by atoms with E-state index in [4.69, 9.17) is 11.5 Å². The van der Waals surface area contributed by atoms with Crippen LogP contribution < -0.4 is 16.8 Å². The van der Waals surface area contributed by atoms with Crippen LogP contribution in [-0.4, -0.2) is 50.2 Å². The van der Waals surface area contributed by atoms with Gasteiger partial charge < -0.3 is 21.7 Å². The van der Waals surface area contributed by atoms with Crippen molar-refractivity contribution in [1.29, 1.82) is 0 Å². The van der Waals surface area contributed by atoms with Crippen molar-refractivity contribution in [3.63, 3.8) is 0 Å². The van der Waals surface area contributed by atoms with Crippen molar-refractivity contribution in [2.24, 2.45) is 11.5 Å². The van der Waals surface area contributed by atoms with Gasteiger partial charge in [0.1, 0.15) is 0 Å². The molecule has 13 heavy (non-hydrogen) atoms. The minimum Gasteiger partial charge on any atom is -0.329 e. The fraction of sp³-hybridized carbons (Fsp3) is 1.00. The highest BCUT2D eigenvalue weighted by molar-refractivity contribution is 4.77. The molecule has 0 spiro atoms. The van der Waals surface area contributed by atoms with Crippen molar-refractivity contribution in [2.45, 2.75) is 24.9 Å². The van der Waals surface area contributed by atoms with Crippen LogP contribution in [0.1, 0.15) is 12.8 Å². The van der Waals surface area contributed by atoms with Crippen LogP contribution in [0.3, 0.4) is 0 Å². The Balaban J connectivity index is 2.08. The lowest BCUT2D eigenvalue weighted by molar-refractivity contribution is 0.233. The number of hydrogen-bond acceptors (Lipinski definition) is 4. The summed E-state index contributed by atoms with van der Waals surface area (Å²) >= 11 is 0. The van der Waals surface area contributed by atoms with Gasteiger partial charge in [-0.2, -0.15) is 0 Å². The molecule has 0 aliphatic carbocycles. The molecule has 78 valence electrons. The average molecular weight is 186 g/mol. The zero-order valence-corrected chi connectivity index (χ0v) is 8.50. The molecule has 5 N–H and O–H groups in total. The van der Waals surface area contributed by atoms with E-state index < -0.39 is 0 Å². The summed E-state index contributed by atoms with van der Waals surface area (Å²) in [4.78, 5) is 2.36. The average Bonchev–Trinajstić information content (AvgIpc) is 2.16. The first-order valence-corrected chi connectivity index (χ1v) is 5.10. The second-order valence-corrected chi connectivity index (χ2v) is 3.98. The summed E-state index contributed by atoms with van der Waals surface area (Å²) in [7, 11) is 2.17. The van der Waals surface area contributed by atoms with Crippen molar-refractivity contribution in [3.8, 4) is 0 Å². The van der Waals surface area contributed by atoms with Crippen LogP contribution in [0.2, 0.25) is 0 Å². The molecule has 1 aliphatic heterocycles. The van der Waals surface area contributed by atoms with Crippen molar-refractivity contribution >= 4 is 0 Å². The molecular formula is C9H22N4. The molecule has 1 atom stereocenters. The Morgan fingerprint density at radius 3 is 2.62 bits per heavy atom. The van der Waals surface area contributed by atoms with E-state index >= 15 is 0 Å². The maximum absolute atomic E-state index is 5.72. The van der Waals surface area contributed by atoms with Gasteiger partial charge in [0.15, 0.2) is 0 Å². The van der Waals surface area contributed by atoms with Crippen molar-refractivity contribution in [2.75, 3.05) is 33.2 Å². The first kappa shape index (κ1) is 10.9. The van der Waals surface area contributed by atoms with Gasteiger partial charge in [-0.05, 0) is 33.0 Å². The van der Waals surface area contributed by atoms with Gasteiger partial charge in [-0.1, -0.05) is 0 Å². The Bertz CT molecular complexity index is 132. The molecule has 0 aromatic heterocycles. The largest absolute Gasteiger partial charge is 0.329 e. The summed E-state index contributed by atoms with van der Waals surface area (Å²) in [5.41, 5.74) is 11.2. The first-order chi connectivity index (χ1) is 6.22. The van der Waals surface area contributed by atoms with E-state index in [0.29, 0.717) is 12.6 Å². The maximum atomic E-state index is 5.72. The molecule has 0 bridgehead atoms. The highest BCUT2D eigenvalue weighted by Gasteiger charge is 2.16. The summed E-state index contributed by atoms with van der Waals surface area (Å²) in [6.07, 6.45) is 2.46. The number of nitrogens with two attached hydrogens (primary N) is 2.